The molecule has 0 aliphatic carbocycles. The highest BCUT2D eigenvalue weighted by atomic mass is 32.2. The lowest BCUT2D eigenvalue weighted by Crippen LogP contribution is -2.02. The van der Waals surface area contributed by atoms with Crippen molar-refractivity contribution in [2.75, 3.05) is 5.75 Å². The first-order valence-electron chi connectivity index (χ1n) is 6.88. The van der Waals surface area contributed by atoms with Gasteiger partial charge in [0.15, 0.2) is 5.78 Å². The summed E-state index contributed by atoms with van der Waals surface area (Å²) in [4.78, 5) is 13.1. The number of Topliss-reactive ketones (excluding diaryl/α,β-unsaturated/α-hetero) is 1. The Morgan fingerprint density at radius 1 is 1.23 bits per heavy atom. The van der Waals surface area contributed by atoms with E-state index in [1.807, 2.05) is 41.8 Å². The van der Waals surface area contributed by atoms with Gasteiger partial charge >= 0.3 is 0 Å². The van der Waals surface area contributed by atoms with Gasteiger partial charge in [-0.2, -0.15) is 0 Å². The van der Waals surface area contributed by atoms with Crippen molar-refractivity contribution in [3.8, 4) is 10.8 Å². The molecule has 2 heterocycles. The number of aryl methyl sites for hydroxylation is 1. The first kappa shape index (κ1) is 15.0. The van der Waals surface area contributed by atoms with Gasteiger partial charge in [-0.3, -0.25) is 4.79 Å². The highest BCUT2D eigenvalue weighted by Gasteiger charge is 2.12. The second-order valence-electron chi connectivity index (χ2n) is 4.61. The Balaban J connectivity index is 1.61. The molecular formula is C16H14N2O2S2. The molecule has 0 radical (unpaired) electrons. The molecule has 112 valence electrons. The fraction of sp³-hybridized carbons (Fsp3) is 0.188. The summed E-state index contributed by atoms with van der Waals surface area (Å²) in [5, 5.41) is 10.3. The van der Waals surface area contributed by atoms with E-state index in [9.17, 15) is 4.79 Å². The number of hydrogen-bond donors (Lipinski definition) is 0. The maximum absolute atomic E-state index is 12.1. The molecule has 0 aliphatic heterocycles. The zero-order valence-electron chi connectivity index (χ0n) is 12.0. The molecule has 4 nitrogen and oxygen atoms in total. The van der Waals surface area contributed by atoms with Crippen LogP contribution >= 0.6 is 23.1 Å². The third kappa shape index (κ3) is 3.45. The van der Waals surface area contributed by atoms with Crippen LogP contribution in [0.2, 0.25) is 0 Å². The molecular weight excluding hydrogens is 316 g/mol. The van der Waals surface area contributed by atoms with Crippen LogP contribution in [0.3, 0.4) is 0 Å². The van der Waals surface area contributed by atoms with Gasteiger partial charge in [-0.05, 0) is 23.4 Å². The summed E-state index contributed by atoms with van der Waals surface area (Å²) in [6, 6.07) is 11.6. The minimum absolute atomic E-state index is 0.0588. The number of thioether (sulfide) groups is 1. The molecule has 0 N–H and O–H groups in total. The molecule has 0 unspecified atom stereocenters. The molecule has 0 fully saturated rings. The van der Waals surface area contributed by atoms with Gasteiger partial charge in [0.2, 0.25) is 0 Å². The number of nitrogens with zero attached hydrogens (tertiary/aromatic N) is 2. The summed E-state index contributed by atoms with van der Waals surface area (Å²) >= 11 is 2.81. The van der Waals surface area contributed by atoms with Crippen LogP contribution < -0.4 is 0 Å². The SMILES string of the molecule is CCc1ccc(C(=O)CSc2nnc(-c3cccs3)o2)cc1. The molecule has 0 aliphatic rings. The predicted octanol–water partition coefficient (Wildman–Crippen LogP) is 4.34. The third-order valence-electron chi connectivity index (χ3n) is 3.15. The van der Waals surface area contributed by atoms with Crippen LogP contribution in [0.15, 0.2) is 51.4 Å². The molecule has 3 aromatic rings. The van der Waals surface area contributed by atoms with Crippen molar-refractivity contribution in [2.45, 2.75) is 18.6 Å². The van der Waals surface area contributed by atoms with Crippen LogP contribution in [0.25, 0.3) is 10.8 Å². The standard InChI is InChI=1S/C16H14N2O2S2/c1-2-11-5-7-12(8-6-11)13(19)10-22-16-18-17-15(20-16)14-4-3-9-21-14/h3-9H,2,10H2,1H3. The number of ketones is 1. The van der Waals surface area contributed by atoms with Crippen molar-refractivity contribution in [3.63, 3.8) is 0 Å². The summed E-state index contributed by atoms with van der Waals surface area (Å²) < 4.78 is 5.55. The molecule has 0 atom stereocenters. The van der Waals surface area contributed by atoms with Crippen molar-refractivity contribution < 1.29 is 9.21 Å². The van der Waals surface area contributed by atoms with E-state index >= 15 is 0 Å². The van der Waals surface area contributed by atoms with Gasteiger partial charge in [-0.15, -0.1) is 21.5 Å². The minimum atomic E-state index is 0.0588. The van der Waals surface area contributed by atoms with Crippen molar-refractivity contribution in [1.29, 1.82) is 0 Å². The van der Waals surface area contributed by atoms with Gasteiger partial charge in [0, 0.05) is 5.56 Å². The van der Waals surface area contributed by atoms with E-state index in [0.29, 0.717) is 16.7 Å². The summed E-state index contributed by atoms with van der Waals surface area (Å²) in [5.41, 5.74) is 1.93. The maximum Gasteiger partial charge on any atom is 0.277 e. The number of aromatic nitrogens is 2. The van der Waals surface area contributed by atoms with Crippen molar-refractivity contribution in [1.82, 2.24) is 10.2 Å². The molecule has 0 bridgehead atoms. The summed E-state index contributed by atoms with van der Waals surface area (Å²) in [5.74, 6) is 0.846. The Bertz CT molecular complexity index is 749. The monoisotopic (exact) mass is 330 g/mol. The Labute approximate surface area is 136 Å². The third-order valence-corrected chi connectivity index (χ3v) is 4.83. The summed E-state index contributed by atoms with van der Waals surface area (Å²) in [6.45, 7) is 2.09. The fourth-order valence-electron chi connectivity index (χ4n) is 1.90. The molecule has 6 heteroatoms. The molecule has 0 saturated heterocycles. The Morgan fingerprint density at radius 2 is 2.05 bits per heavy atom. The number of carbonyl (C=O) groups excluding carboxylic acids is 1. The van der Waals surface area contributed by atoms with E-state index in [2.05, 4.69) is 17.1 Å². The molecule has 0 saturated carbocycles. The molecule has 1 aromatic carbocycles. The lowest BCUT2D eigenvalue weighted by Gasteiger charge is -2.00. The molecule has 2 aromatic heterocycles. The van der Waals surface area contributed by atoms with Crippen LogP contribution in [0.5, 0.6) is 0 Å². The van der Waals surface area contributed by atoms with Crippen LogP contribution in [0.1, 0.15) is 22.8 Å². The highest BCUT2D eigenvalue weighted by Crippen LogP contribution is 2.26. The second kappa shape index (κ2) is 6.89. The average Bonchev–Trinajstić information content (AvgIpc) is 3.23. The summed E-state index contributed by atoms with van der Waals surface area (Å²) in [7, 11) is 0. The van der Waals surface area contributed by atoms with Crippen LogP contribution in [-0.2, 0) is 6.42 Å². The first-order valence-corrected chi connectivity index (χ1v) is 8.75. The van der Waals surface area contributed by atoms with Gasteiger partial charge in [-0.25, -0.2) is 0 Å². The van der Waals surface area contributed by atoms with Gasteiger partial charge in [-0.1, -0.05) is 49.0 Å². The lowest BCUT2D eigenvalue weighted by atomic mass is 10.1. The maximum atomic E-state index is 12.1. The lowest BCUT2D eigenvalue weighted by molar-refractivity contribution is 0.102. The fourth-order valence-corrected chi connectivity index (χ4v) is 3.21. The largest absolute Gasteiger partial charge is 0.410 e. The van der Waals surface area contributed by atoms with Crippen LogP contribution in [0, 0.1) is 0 Å². The van der Waals surface area contributed by atoms with E-state index in [0.717, 1.165) is 11.3 Å². The van der Waals surface area contributed by atoms with Gasteiger partial charge < -0.3 is 4.42 Å². The smallest absolute Gasteiger partial charge is 0.277 e. The van der Waals surface area contributed by atoms with Crippen LogP contribution in [-0.4, -0.2) is 21.7 Å². The van der Waals surface area contributed by atoms with E-state index in [-0.39, 0.29) is 11.5 Å². The van der Waals surface area contributed by atoms with Gasteiger partial charge in [0.25, 0.3) is 11.1 Å². The zero-order valence-corrected chi connectivity index (χ0v) is 13.6. The predicted molar refractivity (Wildman–Crippen MR) is 88.5 cm³/mol. The molecule has 22 heavy (non-hydrogen) atoms. The van der Waals surface area contributed by atoms with E-state index in [1.54, 1.807) is 11.3 Å². The molecule has 0 spiro atoms. The van der Waals surface area contributed by atoms with E-state index < -0.39 is 0 Å². The number of benzene rings is 1. The topological polar surface area (TPSA) is 56.0 Å². The normalized spacial score (nSPS) is 10.8. The Morgan fingerprint density at radius 3 is 2.73 bits per heavy atom. The number of hydrogen-bond acceptors (Lipinski definition) is 6. The van der Waals surface area contributed by atoms with Crippen molar-refractivity contribution >= 4 is 28.9 Å². The Hall–Kier alpha value is -1.92. The molecule has 0 amide bonds. The number of carbonyl (C=O) groups is 1. The van der Waals surface area contributed by atoms with Gasteiger partial charge in [0.05, 0.1) is 10.6 Å². The number of rotatable bonds is 6. The Kier molecular flexibility index (Phi) is 4.70. The average molecular weight is 330 g/mol. The van der Waals surface area contributed by atoms with E-state index in [1.165, 1.54) is 17.3 Å². The highest BCUT2D eigenvalue weighted by molar-refractivity contribution is 7.99. The van der Waals surface area contributed by atoms with Gasteiger partial charge in [0.1, 0.15) is 0 Å². The summed E-state index contributed by atoms with van der Waals surface area (Å²) in [6.07, 6.45) is 0.969. The van der Waals surface area contributed by atoms with Crippen molar-refractivity contribution in [3.05, 3.63) is 52.9 Å². The second-order valence-corrected chi connectivity index (χ2v) is 6.49. The first-order chi connectivity index (χ1) is 10.8. The quantitative estimate of drug-likeness (QED) is 0.497. The zero-order chi connectivity index (χ0) is 15.4. The van der Waals surface area contributed by atoms with E-state index in [4.69, 9.17) is 4.42 Å². The van der Waals surface area contributed by atoms with Crippen LogP contribution in [0.4, 0.5) is 0 Å². The number of thiophene rings is 1. The van der Waals surface area contributed by atoms with Crippen molar-refractivity contribution in [2.24, 2.45) is 0 Å². The minimum Gasteiger partial charge on any atom is -0.410 e. The molecule has 3 rings (SSSR count).